The molecule has 1 saturated heterocycles. The molecule has 0 radical (unpaired) electrons. The summed E-state index contributed by atoms with van der Waals surface area (Å²) in [5.41, 5.74) is 0.301. The lowest BCUT2D eigenvalue weighted by atomic mass is 10.0. The summed E-state index contributed by atoms with van der Waals surface area (Å²) < 4.78 is 0. The number of rotatable bonds is 0. The van der Waals surface area contributed by atoms with Crippen LogP contribution in [0.25, 0.3) is 0 Å². The fourth-order valence-electron chi connectivity index (χ4n) is 1.74. The van der Waals surface area contributed by atoms with E-state index in [1.54, 1.807) is 0 Å². The fourth-order valence-corrected chi connectivity index (χ4v) is 1.74. The van der Waals surface area contributed by atoms with Crippen molar-refractivity contribution in [3.05, 3.63) is 0 Å². The van der Waals surface area contributed by atoms with E-state index in [4.69, 9.17) is 0 Å². The van der Waals surface area contributed by atoms with Crippen LogP contribution in [0.3, 0.4) is 0 Å². The second kappa shape index (κ2) is 3.55. The molecular formula is C9H20N2. The molecule has 1 aliphatic rings. The molecule has 0 amide bonds. The first kappa shape index (κ1) is 9.01. The van der Waals surface area contributed by atoms with Crippen LogP contribution >= 0.6 is 0 Å². The quantitative estimate of drug-likeness (QED) is 0.564. The van der Waals surface area contributed by atoms with E-state index >= 15 is 0 Å². The molecule has 0 aliphatic carbocycles. The average Bonchev–Trinajstić information content (AvgIpc) is 1.82. The maximum atomic E-state index is 3.55. The molecule has 1 rings (SSSR count). The van der Waals surface area contributed by atoms with E-state index in [1.165, 1.54) is 25.9 Å². The van der Waals surface area contributed by atoms with Crippen molar-refractivity contribution >= 4 is 0 Å². The molecule has 2 nitrogen and oxygen atoms in total. The van der Waals surface area contributed by atoms with Crippen LogP contribution in [0, 0.1) is 0 Å². The summed E-state index contributed by atoms with van der Waals surface area (Å²) in [6.07, 6.45) is 2.65. The number of likely N-dealkylation sites (N-methyl/N-ethyl adjacent to an activating group) is 1. The molecule has 1 N–H and O–H groups in total. The zero-order chi connectivity index (χ0) is 8.32. The number of hydrogen-bond acceptors (Lipinski definition) is 2. The summed E-state index contributed by atoms with van der Waals surface area (Å²) in [7, 11) is 2.20. The molecule has 0 saturated carbocycles. The second-order valence-electron chi connectivity index (χ2n) is 4.26. The van der Waals surface area contributed by atoms with E-state index < -0.39 is 0 Å². The molecule has 0 atom stereocenters. The van der Waals surface area contributed by atoms with Crippen LogP contribution in [0.4, 0.5) is 0 Å². The molecule has 1 fully saturated rings. The van der Waals surface area contributed by atoms with Crippen LogP contribution < -0.4 is 5.32 Å². The Bertz CT molecular complexity index is 121. The van der Waals surface area contributed by atoms with E-state index in [0.29, 0.717) is 5.54 Å². The Hall–Kier alpha value is -0.0800. The molecule has 0 unspecified atom stereocenters. The third kappa shape index (κ3) is 3.21. The van der Waals surface area contributed by atoms with Crippen LogP contribution in [0.5, 0.6) is 0 Å². The van der Waals surface area contributed by atoms with Crippen molar-refractivity contribution in [2.24, 2.45) is 0 Å². The fraction of sp³-hybridized carbons (Fsp3) is 1.00. The highest BCUT2D eigenvalue weighted by atomic mass is 15.1. The van der Waals surface area contributed by atoms with Gasteiger partial charge in [0, 0.05) is 12.1 Å². The minimum Gasteiger partial charge on any atom is -0.311 e. The lowest BCUT2D eigenvalue weighted by molar-refractivity contribution is 0.212. The summed E-state index contributed by atoms with van der Waals surface area (Å²) in [6, 6.07) is 0. The Kier molecular flexibility index (Phi) is 2.90. The van der Waals surface area contributed by atoms with Gasteiger partial charge in [0.1, 0.15) is 0 Å². The van der Waals surface area contributed by atoms with Gasteiger partial charge in [-0.25, -0.2) is 0 Å². The normalized spacial score (nSPS) is 27.5. The summed E-state index contributed by atoms with van der Waals surface area (Å²) in [6.45, 7) is 8.14. The Labute approximate surface area is 70.0 Å². The van der Waals surface area contributed by atoms with Crippen molar-refractivity contribution in [3.63, 3.8) is 0 Å². The van der Waals surface area contributed by atoms with Gasteiger partial charge in [0.05, 0.1) is 0 Å². The van der Waals surface area contributed by atoms with Gasteiger partial charge < -0.3 is 10.2 Å². The maximum Gasteiger partial charge on any atom is 0.0252 e. The predicted molar refractivity (Wildman–Crippen MR) is 48.8 cm³/mol. The molecular weight excluding hydrogens is 136 g/mol. The third-order valence-corrected chi connectivity index (χ3v) is 2.24. The van der Waals surface area contributed by atoms with Gasteiger partial charge in [0.25, 0.3) is 0 Å². The molecule has 0 bridgehead atoms. The van der Waals surface area contributed by atoms with Gasteiger partial charge in [-0.15, -0.1) is 0 Å². The van der Waals surface area contributed by atoms with Gasteiger partial charge in [-0.2, -0.15) is 0 Å². The molecule has 0 aromatic carbocycles. The van der Waals surface area contributed by atoms with Crippen LogP contribution in [-0.4, -0.2) is 37.1 Å². The molecule has 2 heteroatoms. The van der Waals surface area contributed by atoms with Crippen molar-refractivity contribution in [1.82, 2.24) is 10.2 Å². The summed E-state index contributed by atoms with van der Waals surface area (Å²) >= 11 is 0. The summed E-state index contributed by atoms with van der Waals surface area (Å²) in [5, 5.41) is 3.55. The molecule has 1 aliphatic heterocycles. The standard InChI is InChI=1S/C9H20N2/c1-9(2)8-11(3)7-5-4-6-10-9/h10H,4-8H2,1-3H3. The lowest BCUT2D eigenvalue weighted by Gasteiger charge is -2.33. The van der Waals surface area contributed by atoms with E-state index in [1.807, 2.05) is 0 Å². The molecule has 11 heavy (non-hydrogen) atoms. The zero-order valence-electron chi connectivity index (χ0n) is 7.98. The molecule has 66 valence electrons. The van der Waals surface area contributed by atoms with Crippen molar-refractivity contribution in [1.29, 1.82) is 0 Å². The Morgan fingerprint density at radius 1 is 1.27 bits per heavy atom. The van der Waals surface area contributed by atoms with Crippen molar-refractivity contribution in [2.75, 3.05) is 26.7 Å². The smallest absolute Gasteiger partial charge is 0.0252 e. The van der Waals surface area contributed by atoms with Crippen molar-refractivity contribution in [2.45, 2.75) is 32.2 Å². The predicted octanol–water partition coefficient (Wildman–Crippen LogP) is 1.08. The topological polar surface area (TPSA) is 15.3 Å². The van der Waals surface area contributed by atoms with Crippen LogP contribution in [0.15, 0.2) is 0 Å². The number of nitrogens with zero attached hydrogens (tertiary/aromatic N) is 1. The minimum atomic E-state index is 0.301. The second-order valence-corrected chi connectivity index (χ2v) is 4.26. The molecule has 0 spiro atoms. The maximum absolute atomic E-state index is 3.55. The SMILES string of the molecule is CN1CCCCNC(C)(C)C1. The highest BCUT2D eigenvalue weighted by molar-refractivity contribution is 4.82. The summed E-state index contributed by atoms with van der Waals surface area (Å²) in [4.78, 5) is 2.41. The van der Waals surface area contributed by atoms with Gasteiger partial charge in [-0.05, 0) is 46.8 Å². The third-order valence-electron chi connectivity index (χ3n) is 2.24. The number of hydrogen-bond donors (Lipinski definition) is 1. The molecule has 0 aromatic heterocycles. The lowest BCUT2D eigenvalue weighted by Crippen LogP contribution is -2.50. The van der Waals surface area contributed by atoms with Crippen molar-refractivity contribution < 1.29 is 0 Å². The first-order valence-corrected chi connectivity index (χ1v) is 4.54. The Morgan fingerprint density at radius 2 is 2.00 bits per heavy atom. The van der Waals surface area contributed by atoms with E-state index in [9.17, 15) is 0 Å². The monoisotopic (exact) mass is 156 g/mol. The Balaban J connectivity index is 2.42. The average molecular weight is 156 g/mol. The molecule has 0 aromatic rings. The number of nitrogens with one attached hydrogen (secondary N) is 1. The van der Waals surface area contributed by atoms with Crippen LogP contribution in [0.1, 0.15) is 26.7 Å². The highest BCUT2D eigenvalue weighted by Gasteiger charge is 2.20. The van der Waals surface area contributed by atoms with Gasteiger partial charge in [-0.3, -0.25) is 0 Å². The van der Waals surface area contributed by atoms with Crippen LogP contribution in [0.2, 0.25) is 0 Å². The van der Waals surface area contributed by atoms with Gasteiger partial charge >= 0.3 is 0 Å². The first-order valence-electron chi connectivity index (χ1n) is 4.54. The van der Waals surface area contributed by atoms with Gasteiger partial charge in [0.2, 0.25) is 0 Å². The summed E-state index contributed by atoms with van der Waals surface area (Å²) in [5.74, 6) is 0. The molecule has 1 heterocycles. The zero-order valence-corrected chi connectivity index (χ0v) is 7.98. The highest BCUT2D eigenvalue weighted by Crippen LogP contribution is 2.08. The van der Waals surface area contributed by atoms with E-state index in [-0.39, 0.29) is 0 Å². The minimum absolute atomic E-state index is 0.301. The van der Waals surface area contributed by atoms with Crippen LogP contribution in [-0.2, 0) is 0 Å². The van der Waals surface area contributed by atoms with Crippen molar-refractivity contribution in [3.8, 4) is 0 Å². The Morgan fingerprint density at radius 3 is 2.73 bits per heavy atom. The van der Waals surface area contributed by atoms with E-state index in [0.717, 1.165) is 6.54 Å². The largest absolute Gasteiger partial charge is 0.311 e. The first-order chi connectivity index (χ1) is 5.10. The van der Waals surface area contributed by atoms with Gasteiger partial charge in [-0.1, -0.05) is 0 Å². The van der Waals surface area contributed by atoms with Gasteiger partial charge in [0.15, 0.2) is 0 Å². The van der Waals surface area contributed by atoms with E-state index in [2.05, 4.69) is 31.1 Å².